The molecule has 3 rings (SSSR count). The van der Waals surface area contributed by atoms with Crippen molar-refractivity contribution in [2.75, 3.05) is 12.4 Å². The number of rotatable bonds is 4. The summed E-state index contributed by atoms with van der Waals surface area (Å²) < 4.78 is 5.74. The minimum absolute atomic E-state index is 0.430. The Labute approximate surface area is 159 Å². The minimum atomic E-state index is -0.971. The first kappa shape index (κ1) is 18.0. The minimum Gasteiger partial charge on any atom is -0.488 e. The predicted octanol–water partition coefficient (Wildman–Crippen LogP) is 3.86. The normalized spacial score (nSPS) is 18.3. The lowest BCUT2D eigenvalue weighted by molar-refractivity contribution is -0.139. The summed E-state index contributed by atoms with van der Waals surface area (Å²) in [6.07, 6.45) is 3.41. The number of pyridine rings is 1. The van der Waals surface area contributed by atoms with Crippen molar-refractivity contribution >= 4 is 33.3 Å². The van der Waals surface area contributed by atoms with Crippen molar-refractivity contribution in [2.45, 2.75) is 13.0 Å². The number of aliphatic carboxylic acids is 1. The Kier molecular flexibility index (Phi) is 5.27. The van der Waals surface area contributed by atoms with Crippen LogP contribution in [0.1, 0.15) is 24.1 Å². The lowest BCUT2D eigenvalue weighted by atomic mass is 9.98. The first-order valence-electron chi connectivity index (χ1n) is 7.93. The van der Waals surface area contributed by atoms with E-state index in [9.17, 15) is 9.90 Å². The molecular weight excluding hydrogens is 398 g/mol. The molecule has 0 unspecified atom stereocenters. The molecule has 1 aliphatic rings. The summed E-state index contributed by atoms with van der Waals surface area (Å²) in [7, 11) is 1.52. The van der Waals surface area contributed by atoms with E-state index in [-0.39, 0.29) is 0 Å². The van der Waals surface area contributed by atoms with Gasteiger partial charge in [-0.05, 0) is 40.5 Å². The fourth-order valence-electron chi connectivity index (χ4n) is 2.88. The van der Waals surface area contributed by atoms with Crippen LogP contribution >= 0.6 is 15.9 Å². The topological polar surface area (TPSA) is 83.5 Å². The number of hydrogen-bond donors (Lipinski definition) is 3. The number of halogens is 1. The van der Waals surface area contributed by atoms with Gasteiger partial charge >= 0.3 is 5.97 Å². The van der Waals surface area contributed by atoms with Gasteiger partial charge < -0.3 is 20.5 Å². The van der Waals surface area contributed by atoms with E-state index in [2.05, 4.69) is 31.5 Å². The van der Waals surface area contributed by atoms with Crippen LogP contribution in [0.5, 0.6) is 0 Å². The van der Waals surface area contributed by atoms with E-state index in [0.717, 1.165) is 22.5 Å². The summed E-state index contributed by atoms with van der Waals surface area (Å²) in [5.74, 6) is -0.971. The van der Waals surface area contributed by atoms with Crippen LogP contribution in [0.3, 0.4) is 0 Å². The van der Waals surface area contributed by atoms with Crippen LogP contribution in [0.2, 0.25) is 0 Å². The van der Waals surface area contributed by atoms with Crippen molar-refractivity contribution in [2.24, 2.45) is 0 Å². The second-order valence-electron chi connectivity index (χ2n) is 5.72. The van der Waals surface area contributed by atoms with E-state index in [1.54, 1.807) is 12.4 Å². The highest BCUT2D eigenvalue weighted by molar-refractivity contribution is 9.11. The van der Waals surface area contributed by atoms with Crippen molar-refractivity contribution < 1.29 is 14.6 Å². The number of nitrogens with zero attached hydrogens (tertiary/aromatic N) is 1. The molecule has 0 spiro atoms. The first-order valence-corrected chi connectivity index (χ1v) is 8.73. The van der Waals surface area contributed by atoms with Gasteiger partial charge in [0.25, 0.3) is 0 Å². The largest absolute Gasteiger partial charge is 0.488 e. The van der Waals surface area contributed by atoms with E-state index < -0.39 is 12.0 Å². The molecule has 0 saturated carbocycles. The highest BCUT2D eigenvalue weighted by Gasteiger charge is 2.30. The molecular formula is C19H18BrN3O3. The van der Waals surface area contributed by atoms with Crippen LogP contribution in [0.25, 0.3) is 5.70 Å². The Balaban J connectivity index is 2.24. The van der Waals surface area contributed by atoms with Crippen LogP contribution in [0.15, 0.2) is 64.7 Å². The van der Waals surface area contributed by atoms with Crippen molar-refractivity contribution in [3.05, 3.63) is 75.9 Å². The standard InChI is InChI=1S/C19H18BrN3O3/c1-11-15(22-12-6-5-9-21-10-12)13-7-3-4-8-14(13)17(19(24)25)23-16(11)18(20)26-2/h3-10,17,22-23H,1-2H3,(H,24,25)/b18-16-/t17-/m0/s1. The van der Waals surface area contributed by atoms with E-state index >= 15 is 0 Å². The van der Waals surface area contributed by atoms with Crippen molar-refractivity contribution in [1.29, 1.82) is 0 Å². The Morgan fingerprint density at radius 3 is 2.73 bits per heavy atom. The number of anilines is 1. The number of nitrogens with one attached hydrogen (secondary N) is 2. The summed E-state index contributed by atoms with van der Waals surface area (Å²) in [5, 5.41) is 16.2. The van der Waals surface area contributed by atoms with Gasteiger partial charge in [0, 0.05) is 17.3 Å². The number of benzene rings is 1. The number of ether oxygens (including phenoxy) is 1. The van der Waals surface area contributed by atoms with Crippen LogP contribution in [-0.2, 0) is 9.53 Å². The summed E-state index contributed by atoms with van der Waals surface area (Å²) in [4.78, 5) is 16.0. The zero-order chi connectivity index (χ0) is 18.7. The molecule has 7 heteroatoms. The van der Waals surface area contributed by atoms with Crippen LogP contribution in [-0.4, -0.2) is 23.2 Å². The molecule has 3 N–H and O–H groups in total. The summed E-state index contributed by atoms with van der Waals surface area (Å²) in [6.45, 7) is 1.91. The van der Waals surface area contributed by atoms with Gasteiger partial charge in [0.15, 0.2) is 10.7 Å². The molecule has 1 aliphatic heterocycles. The van der Waals surface area contributed by atoms with E-state index in [1.807, 2.05) is 43.3 Å². The monoisotopic (exact) mass is 415 g/mol. The molecule has 134 valence electrons. The maximum absolute atomic E-state index is 11.9. The zero-order valence-corrected chi connectivity index (χ0v) is 15.9. The van der Waals surface area contributed by atoms with Crippen LogP contribution in [0.4, 0.5) is 5.69 Å². The van der Waals surface area contributed by atoms with E-state index in [0.29, 0.717) is 15.9 Å². The van der Waals surface area contributed by atoms with E-state index in [4.69, 9.17) is 4.74 Å². The number of aromatic nitrogens is 1. The van der Waals surface area contributed by atoms with E-state index in [1.165, 1.54) is 7.11 Å². The van der Waals surface area contributed by atoms with Gasteiger partial charge in [0.1, 0.15) is 0 Å². The molecule has 1 atom stereocenters. The highest BCUT2D eigenvalue weighted by Crippen LogP contribution is 2.36. The van der Waals surface area contributed by atoms with Crippen molar-refractivity contribution in [3.8, 4) is 0 Å². The van der Waals surface area contributed by atoms with Gasteiger partial charge in [-0.25, -0.2) is 4.79 Å². The molecule has 6 nitrogen and oxygen atoms in total. The molecule has 0 amide bonds. The average Bonchev–Trinajstić information content (AvgIpc) is 2.78. The molecule has 1 aromatic heterocycles. The van der Waals surface area contributed by atoms with Crippen LogP contribution in [0, 0.1) is 0 Å². The summed E-state index contributed by atoms with van der Waals surface area (Å²) in [5.41, 5.74) is 4.45. The van der Waals surface area contributed by atoms with Crippen molar-refractivity contribution in [3.63, 3.8) is 0 Å². The molecule has 2 heterocycles. The van der Waals surface area contributed by atoms with Gasteiger partial charge in [-0.1, -0.05) is 24.3 Å². The second-order valence-corrected chi connectivity index (χ2v) is 6.44. The Bertz CT molecular complexity index is 894. The number of allylic oxidation sites excluding steroid dienone is 1. The molecule has 26 heavy (non-hydrogen) atoms. The number of fused-ring (bicyclic) bond motifs is 1. The molecule has 0 fully saturated rings. The maximum atomic E-state index is 11.9. The third-order valence-electron chi connectivity index (χ3n) is 4.13. The number of carbonyl (C=O) groups is 1. The third-order valence-corrected chi connectivity index (χ3v) is 4.85. The average molecular weight is 416 g/mol. The quantitative estimate of drug-likeness (QED) is 0.657. The SMILES string of the molecule is CO/C(Br)=C1\N[C@H](C(=O)O)c2ccccc2C(Nc2cccnc2)=C1C. The molecule has 0 saturated heterocycles. The van der Waals surface area contributed by atoms with Crippen LogP contribution < -0.4 is 10.6 Å². The lowest BCUT2D eigenvalue weighted by Gasteiger charge is -2.18. The smallest absolute Gasteiger partial charge is 0.330 e. The van der Waals surface area contributed by atoms with Crippen molar-refractivity contribution in [1.82, 2.24) is 10.3 Å². The van der Waals surface area contributed by atoms with Gasteiger partial charge in [-0.2, -0.15) is 0 Å². The number of carboxylic acid groups (broad SMARTS) is 1. The Morgan fingerprint density at radius 2 is 2.08 bits per heavy atom. The van der Waals surface area contributed by atoms with Gasteiger partial charge in [0.2, 0.25) is 0 Å². The number of methoxy groups -OCH3 is 1. The third kappa shape index (κ3) is 3.43. The Hall–Kier alpha value is -2.80. The van der Waals surface area contributed by atoms with Gasteiger partial charge in [0.05, 0.1) is 30.4 Å². The summed E-state index contributed by atoms with van der Waals surface area (Å²) in [6, 6.07) is 10.2. The molecule has 0 radical (unpaired) electrons. The fraction of sp³-hybridized carbons (Fsp3) is 0.158. The molecule has 0 bridgehead atoms. The zero-order valence-electron chi connectivity index (χ0n) is 14.3. The van der Waals surface area contributed by atoms with Gasteiger partial charge in [-0.3, -0.25) is 4.98 Å². The highest BCUT2D eigenvalue weighted by atomic mass is 79.9. The molecule has 0 aliphatic carbocycles. The Morgan fingerprint density at radius 1 is 1.31 bits per heavy atom. The number of hydrogen-bond acceptors (Lipinski definition) is 5. The summed E-state index contributed by atoms with van der Waals surface area (Å²) >= 11 is 3.38. The first-order chi connectivity index (χ1) is 12.5. The maximum Gasteiger partial charge on any atom is 0.330 e. The number of carboxylic acids is 1. The van der Waals surface area contributed by atoms with Gasteiger partial charge in [-0.15, -0.1) is 0 Å². The lowest BCUT2D eigenvalue weighted by Crippen LogP contribution is -2.28. The molecule has 1 aromatic carbocycles. The molecule has 2 aromatic rings. The second kappa shape index (κ2) is 7.61. The predicted molar refractivity (Wildman–Crippen MR) is 103 cm³/mol. The fourth-order valence-corrected chi connectivity index (χ4v) is 3.29.